The molecule has 0 spiro atoms. The van der Waals surface area contributed by atoms with E-state index in [0.717, 1.165) is 34.0 Å². The third-order valence-electron chi connectivity index (χ3n) is 3.89. The minimum absolute atomic E-state index is 0.264. The van der Waals surface area contributed by atoms with E-state index >= 15 is 0 Å². The van der Waals surface area contributed by atoms with Crippen molar-refractivity contribution in [1.82, 2.24) is 5.32 Å². The molecule has 6 nitrogen and oxygen atoms in total. The van der Waals surface area contributed by atoms with Crippen LogP contribution in [-0.2, 0) is 9.59 Å². The van der Waals surface area contributed by atoms with Crippen LogP contribution < -0.4 is 5.32 Å². The van der Waals surface area contributed by atoms with Gasteiger partial charge < -0.3 is 10.4 Å². The second-order valence-electron chi connectivity index (χ2n) is 5.93. The summed E-state index contributed by atoms with van der Waals surface area (Å²) < 4.78 is 13.5. The number of nitrogens with zero attached hydrogens (tertiary/aromatic N) is 2. The highest BCUT2D eigenvalue weighted by atomic mass is 32.2. The number of aryl methyl sites for hydroxylation is 1. The number of carbonyl (C=O) groups excluding carboxylic acids is 1. The molecule has 1 aliphatic heterocycles. The zero-order chi connectivity index (χ0) is 19.4. The Morgan fingerprint density at radius 1 is 1.33 bits per heavy atom. The Kier molecular flexibility index (Phi) is 5.66. The predicted octanol–water partition coefficient (Wildman–Crippen LogP) is 3.20. The number of hydrogen-bond donors (Lipinski definition) is 2. The lowest BCUT2D eigenvalue weighted by Crippen LogP contribution is -2.26. The number of halogens is 1. The molecule has 0 aromatic heterocycles. The van der Waals surface area contributed by atoms with E-state index in [-0.39, 0.29) is 23.3 Å². The van der Waals surface area contributed by atoms with Crippen LogP contribution in [0.15, 0.2) is 52.7 Å². The summed E-state index contributed by atoms with van der Waals surface area (Å²) in [4.78, 5) is 22.4. The van der Waals surface area contributed by atoms with Crippen LogP contribution in [0, 0.1) is 12.7 Å². The minimum Gasteiger partial charge on any atom is -0.481 e. The Morgan fingerprint density at radius 2 is 2.15 bits per heavy atom. The van der Waals surface area contributed by atoms with Gasteiger partial charge in [0.1, 0.15) is 11.1 Å². The van der Waals surface area contributed by atoms with E-state index in [0.29, 0.717) is 0 Å². The number of rotatable bonds is 5. The van der Waals surface area contributed by atoms with Gasteiger partial charge in [0.15, 0.2) is 5.17 Å². The van der Waals surface area contributed by atoms with Crippen LogP contribution in [0.1, 0.15) is 17.5 Å². The summed E-state index contributed by atoms with van der Waals surface area (Å²) in [6.07, 6.45) is 1.25. The Balaban J connectivity index is 1.74. The van der Waals surface area contributed by atoms with Crippen molar-refractivity contribution in [1.29, 1.82) is 0 Å². The number of carboxylic acids is 1. The predicted molar refractivity (Wildman–Crippen MR) is 103 cm³/mol. The molecule has 27 heavy (non-hydrogen) atoms. The monoisotopic (exact) mass is 385 g/mol. The van der Waals surface area contributed by atoms with Crippen molar-refractivity contribution < 1.29 is 19.1 Å². The average molecular weight is 385 g/mol. The highest BCUT2D eigenvalue weighted by molar-refractivity contribution is 8.15. The summed E-state index contributed by atoms with van der Waals surface area (Å²) in [7, 11) is 0. The summed E-state index contributed by atoms with van der Waals surface area (Å²) in [5.41, 5.74) is 3.37. The minimum atomic E-state index is -1.04. The highest BCUT2D eigenvalue weighted by Gasteiger charge is 2.32. The Bertz CT molecular complexity index is 959. The molecule has 0 bridgehead atoms. The summed E-state index contributed by atoms with van der Waals surface area (Å²) in [5, 5.41) is 18.7. The lowest BCUT2D eigenvalue weighted by atomic mass is 9.99. The molecule has 1 aliphatic rings. The molecule has 1 fully saturated rings. The van der Waals surface area contributed by atoms with Crippen molar-refractivity contribution in [2.45, 2.75) is 18.6 Å². The molecule has 2 aromatic rings. The van der Waals surface area contributed by atoms with Crippen molar-refractivity contribution in [3.8, 4) is 11.1 Å². The maximum atomic E-state index is 13.5. The highest BCUT2D eigenvalue weighted by Crippen LogP contribution is 2.25. The molecule has 3 rings (SSSR count). The fourth-order valence-corrected chi connectivity index (χ4v) is 3.50. The SMILES string of the molecule is Cc1ccc(F)cc1-c1cccc(C=NN=C2NC(=O)C(CC(=O)O)S2)c1. The number of carboxylic acid groups (broad SMARTS) is 1. The molecular formula is C19H16FN3O3S. The third-order valence-corrected chi connectivity index (χ3v) is 4.96. The maximum absolute atomic E-state index is 13.5. The van der Waals surface area contributed by atoms with Gasteiger partial charge in [-0.1, -0.05) is 36.0 Å². The van der Waals surface area contributed by atoms with Gasteiger partial charge in [-0.25, -0.2) is 4.39 Å². The molecule has 1 heterocycles. The second kappa shape index (κ2) is 8.13. The molecule has 0 radical (unpaired) electrons. The average Bonchev–Trinajstić information content (AvgIpc) is 2.96. The van der Waals surface area contributed by atoms with Crippen LogP contribution in [0.2, 0.25) is 0 Å². The molecule has 1 atom stereocenters. The summed E-state index contributed by atoms with van der Waals surface area (Å²) >= 11 is 1.04. The van der Waals surface area contributed by atoms with Crippen LogP contribution in [0.4, 0.5) is 4.39 Å². The van der Waals surface area contributed by atoms with Crippen molar-refractivity contribution in [2.75, 3.05) is 0 Å². The first-order chi connectivity index (χ1) is 12.9. The number of thioether (sulfide) groups is 1. The molecule has 1 amide bonds. The summed E-state index contributed by atoms with van der Waals surface area (Å²) in [6, 6.07) is 12.0. The van der Waals surface area contributed by atoms with E-state index in [9.17, 15) is 14.0 Å². The number of amidine groups is 1. The molecular weight excluding hydrogens is 369 g/mol. The van der Waals surface area contributed by atoms with Gasteiger partial charge in [-0.15, -0.1) is 5.10 Å². The van der Waals surface area contributed by atoms with Crippen LogP contribution in [-0.4, -0.2) is 33.6 Å². The molecule has 1 unspecified atom stereocenters. The molecule has 8 heteroatoms. The summed E-state index contributed by atoms with van der Waals surface area (Å²) in [6.45, 7) is 1.91. The maximum Gasteiger partial charge on any atom is 0.305 e. The van der Waals surface area contributed by atoms with E-state index in [4.69, 9.17) is 5.11 Å². The molecule has 2 N–H and O–H groups in total. The molecule has 0 saturated carbocycles. The molecule has 138 valence electrons. The van der Waals surface area contributed by atoms with E-state index < -0.39 is 11.2 Å². The summed E-state index contributed by atoms with van der Waals surface area (Å²) in [5.74, 6) is -1.73. The van der Waals surface area contributed by atoms with E-state index in [1.807, 2.05) is 31.2 Å². The first-order valence-corrected chi connectivity index (χ1v) is 8.97. The molecule has 2 aromatic carbocycles. The zero-order valence-electron chi connectivity index (χ0n) is 14.3. The largest absolute Gasteiger partial charge is 0.481 e. The van der Waals surface area contributed by atoms with Crippen molar-refractivity contribution in [3.05, 3.63) is 59.4 Å². The van der Waals surface area contributed by atoms with E-state index in [1.165, 1.54) is 18.3 Å². The number of amides is 1. The fourth-order valence-electron chi connectivity index (χ4n) is 2.58. The van der Waals surface area contributed by atoms with Gasteiger partial charge in [-0.2, -0.15) is 5.10 Å². The van der Waals surface area contributed by atoms with Crippen LogP contribution in [0.5, 0.6) is 0 Å². The number of benzene rings is 2. The lowest BCUT2D eigenvalue weighted by molar-refractivity contribution is -0.138. The first kappa shape index (κ1) is 18.8. The smallest absolute Gasteiger partial charge is 0.305 e. The Labute approximate surface area is 159 Å². The standard InChI is InChI=1S/C19H16FN3O3S/c1-11-5-6-14(20)8-15(11)13-4-2-3-12(7-13)10-21-23-19-22-18(26)16(27-19)9-17(24)25/h2-8,10,16H,9H2,1H3,(H,24,25)(H,22,23,26). The van der Waals surface area contributed by atoms with Gasteiger partial charge in [0.25, 0.3) is 0 Å². The Hall–Kier alpha value is -3.00. The first-order valence-electron chi connectivity index (χ1n) is 8.09. The van der Waals surface area contributed by atoms with Gasteiger partial charge in [0.05, 0.1) is 12.6 Å². The van der Waals surface area contributed by atoms with Crippen molar-refractivity contribution >= 4 is 35.0 Å². The van der Waals surface area contributed by atoms with Crippen molar-refractivity contribution in [2.24, 2.45) is 10.2 Å². The van der Waals surface area contributed by atoms with Crippen molar-refractivity contribution in [3.63, 3.8) is 0 Å². The normalized spacial score (nSPS) is 18.2. The van der Waals surface area contributed by atoms with E-state index in [2.05, 4.69) is 15.5 Å². The topological polar surface area (TPSA) is 91.1 Å². The third kappa shape index (κ3) is 4.79. The molecule has 1 saturated heterocycles. The quantitative estimate of drug-likeness (QED) is 0.611. The number of hydrogen-bond acceptors (Lipinski definition) is 5. The fraction of sp³-hybridized carbons (Fsp3) is 0.158. The van der Waals surface area contributed by atoms with Gasteiger partial charge in [0.2, 0.25) is 5.91 Å². The van der Waals surface area contributed by atoms with Gasteiger partial charge in [-0.05, 0) is 47.4 Å². The zero-order valence-corrected chi connectivity index (χ0v) is 15.2. The number of carbonyl (C=O) groups is 2. The lowest BCUT2D eigenvalue weighted by Gasteiger charge is -2.07. The van der Waals surface area contributed by atoms with Gasteiger partial charge in [-0.3, -0.25) is 9.59 Å². The number of nitrogens with one attached hydrogen (secondary N) is 1. The number of aliphatic carboxylic acids is 1. The molecule has 0 aliphatic carbocycles. The van der Waals surface area contributed by atoms with Gasteiger partial charge in [0, 0.05) is 0 Å². The van der Waals surface area contributed by atoms with Crippen LogP contribution >= 0.6 is 11.8 Å². The second-order valence-corrected chi connectivity index (χ2v) is 7.12. The van der Waals surface area contributed by atoms with Gasteiger partial charge >= 0.3 is 5.97 Å². The Morgan fingerprint density at radius 3 is 2.93 bits per heavy atom. The van der Waals surface area contributed by atoms with Crippen LogP contribution in [0.3, 0.4) is 0 Å². The van der Waals surface area contributed by atoms with E-state index in [1.54, 1.807) is 6.07 Å². The van der Waals surface area contributed by atoms with Crippen LogP contribution in [0.25, 0.3) is 11.1 Å².